The van der Waals surface area contributed by atoms with E-state index in [2.05, 4.69) is 38.5 Å². The lowest BCUT2D eigenvalue weighted by Crippen LogP contribution is -2.53. The third-order valence-corrected chi connectivity index (χ3v) is 7.63. The Morgan fingerprint density at radius 2 is 1.94 bits per heavy atom. The maximum absolute atomic E-state index is 13.0. The normalized spacial score (nSPS) is 20.7. The molecule has 0 spiro atoms. The molecular formula is C25H27N5O2S. The molecule has 8 heteroatoms. The SMILES string of the molecule is C#Cc1ccc2[nH]c(C(=O)N[C@H]3CCCC[C@H]3NC(=O)c3nc4c(s3)CN(C)CC4)cc2c1. The van der Waals surface area contributed by atoms with Crippen LogP contribution in [-0.4, -0.2) is 52.4 Å². The second-order valence-electron chi connectivity index (χ2n) is 8.95. The van der Waals surface area contributed by atoms with Crippen molar-refractivity contribution in [3.63, 3.8) is 0 Å². The summed E-state index contributed by atoms with van der Waals surface area (Å²) < 4.78 is 0. The van der Waals surface area contributed by atoms with Crippen LogP contribution in [0.25, 0.3) is 10.9 Å². The molecule has 2 atom stereocenters. The van der Waals surface area contributed by atoms with Gasteiger partial charge in [-0.05, 0) is 44.2 Å². The van der Waals surface area contributed by atoms with Crippen LogP contribution in [0.3, 0.4) is 0 Å². The number of amides is 2. The molecular weight excluding hydrogens is 434 g/mol. The number of carbonyl (C=O) groups excluding carboxylic acids is 2. The highest BCUT2D eigenvalue weighted by molar-refractivity contribution is 7.13. The standard InChI is InChI=1S/C25H27N5O2S/c1-3-15-8-9-17-16(12-15)13-21(26-17)23(31)27-18-6-4-5-7-19(18)28-24(32)25-29-20-10-11-30(2)14-22(20)33-25/h1,8-9,12-13,18-19,26H,4-7,10-11,14H2,2H3,(H,27,31)(H,28,32)/t18-,19+/m0/s1. The predicted molar refractivity (Wildman–Crippen MR) is 129 cm³/mol. The first-order valence-electron chi connectivity index (χ1n) is 11.4. The minimum Gasteiger partial charge on any atom is -0.351 e. The summed E-state index contributed by atoms with van der Waals surface area (Å²) in [5.74, 6) is 2.30. The number of rotatable bonds is 4. The summed E-state index contributed by atoms with van der Waals surface area (Å²) in [6, 6.07) is 7.20. The second kappa shape index (κ2) is 9.00. The molecule has 5 rings (SSSR count). The van der Waals surface area contributed by atoms with E-state index in [1.807, 2.05) is 24.3 Å². The van der Waals surface area contributed by atoms with Crippen LogP contribution in [0.1, 0.15) is 62.1 Å². The molecule has 1 aromatic carbocycles. The van der Waals surface area contributed by atoms with Crippen molar-refractivity contribution in [3.8, 4) is 12.3 Å². The molecule has 0 saturated heterocycles. The van der Waals surface area contributed by atoms with E-state index in [4.69, 9.17) is 6.42 Å². The number of thiazole rings is 1. The first-order valence-corrected chi connectivity index (χ1v) is 12.2. The van der Waals surface area contributed by atoms with Gasteiger partial charge in [-0.3, -0.25) is 9.59 Å². The van der Waals surface area contributed by atoms with Gasteiger partial charge in [0.1, 0.15) is 5.69 Å². The summed E-state index contributed by atoms with van der Waals surface area (Å²) in [4.78, 5) is 37.2. The summed E-state index contributed by atoms with van der Waals surface area (Å²) >= 11 is 1.48. The number of hydrogen-bond donors (Lipinski definition) is 3. The summed E-state index contributed by atoms with van der Waals surface area (Å²) in [5.41, 5.74) is 3.18. The number of nitrogens with one attached hydrogen (secondary N) is 3. The second-order valence-corrected chi connectivity index (χ2v) is 10.0. The van der Waals surface area contributed by atoms with Crippen LogP contribution in [-0.2, 0) is 13.0 Å². The Hall–Kier alpha value is -3.15. The number of H-pyrrole nitrogens is 1. The Bertz CT molecular complexity index is 1250. The molecule has 2 aromatic heterocycles. The summed E-state index contributed by atoms with van der Waals surface area (Å²) in [5, 5.41) is 7.71. The molecule has 1 aliphatic heterocycles. The number of carbonyl (C=O) groups is 2. The molecule has 1 saturated carbocycles. The molecule has 0 radical (unpaired) electrons. The van der Waals surface area contributed by atoms with Crippen LogP contribution in [0.2, 0.25) is 0 Å². The molecule has 33 heavy (non-hydrogen) atoms. The van der Waals surface area contributed by atoms with E-state index in [0.29, 0.717) is 10.7 Å². The quantitative estimate of drug-likeness (QED) is 0.521. The number of terminal acetylenes is 1. The molecule has 1 aliphatic carbocycles. The fraction of sp³-hybridized carbons (Fsp3) is 0.400. The summed E-state index contributed by atoms with van der Waals surface area (Å²) in [7, 11) is 2.08. The summed E-state index contributed by atoms with van der Waals surface area (Å²) in [6.45, 7) is 1.81. The number of likely N-dealkylation sites (N-methyl/N-ethyl adjacent to an activating group) is 1. The van der Waals surface area contributed by atoms with Gasteiger partial charge in [-0.25, -0.2) is 4.98 Å². The lowest BCUT2D eigenvalue weighted by atomic mass is 9.90. The van der Waals surface area contributed by atoms with Gasteiger partial charge in [0, 0.05) is 52.9 Å². The lowest BCUT2D eigenvalue weighted by molar-refractivity contribution is 0.0860. The fourth-order valence-corrected chi connectivity index (χ4v) is 5.81. The number of aromatic nitrogens is 2. The molecule has 1 fully saturated rings. The molecule has 0 bridgehead atoms. The number of nitrogens with zero attached hydrogens (tertiary/aromatic N) is 2. The van der Waals surface area contributed by atoms with E-state index in [-0.39, 0.29) is 23.9 Å². The zero-order valence-electron chi connectivity index (χ0n) is 18.6. The van der Waals surface area contributed by atoms with E-state index in [1.54, 1.807) is 0 Å². The van der Waals surface area contributed by atoms with Crippen LogP contribution in [0.4, 0.5) is 0 Å². The number of aromatic amines is 1. The highest BCUT2D eigenvalue weighted by Gasteiger charge is 2.30. The van der Waals surface area contributed by atoms with Gasteiger partial charge in [0.2, 0.25) is 0 Å². The van der Waals surface area contributed by atoms with Crippen molar-refractivity contribution in [1.82, 2.24) is 25.5 Å². The lowest BCUT2D eigenvalue weighted by Gasteiger charge is -2.32. The maximum atomic E-state index is 13.0. The van der Waals surface area contributed by atoms with E-state index in [1.165, 1.54) is 16.2 Å². The highest BCUT2D eigenvalue weighted by atomic mass is 32.1. The molecule has 7 nitrogen and oxygen atoms in total. The van der Waals surface area contributed by atoms with Crippen LogP contribution in [0.15, 0.2) is 24.3 Å². The molecule has 3 aromatic rings. The van der Waals surface area contributed by atoms with Gasteiger partial charge in [0.05, 0.1) is 5.69 Å². The van der Waals surface area contributed by atoms with E-state index < -0.39 is 0 Å². The Balaban J connectivity index is 1.27. The van der Waals surface area contributed by atoms with Crippen molar-refractivity contribution in [2.75, 3.05) is 13.6 Å². The minimum absolute atomic E-state index is 0.115. The van der Waals surface area contributed by atoms with Gasteiger partial charge in [0.25, 0.3) is 11.8 Å². The average Bonchev–Trinajstić information content (AvgIpc) is 3.43. The van der Waals surface area contributed by atoms with Crippen molar-refractivity contribution >= 4 is 34.1 Å². The van der Waals surface area contributed by atoms with Crippen LogP contribution >= 0.6 is 11.3 Å². The Kier molecular flexibility index (Phi) is 5.92. The first kappa shape index (κ1) is 21.7. The molecule has 2 amide bonds. The maximum Gasteiger partial charge on any atom is 0.280 e. The van der Waals surface area contributed by atoms with Crippen LogP contribution in [0.5, 0.6) is 0 Å². The van der Waals surface area contributed by atoms with Crippen molar-refractivity contribution < 1.29 is 9.59 Å². The van der Waals surface area contributed by atoms with Crippen molar-refractivity contribution in [2.45, 2.75) is 50.7 Å². The monoisotopic (exact) mass is 461 g/mol. The smallest absolute Gasteiger partial charge is 0.280 e. The predicted octanol–water partition coefficient (Wildman–Crippen LogP) is 3.06. The number of benzene rings is 1. The van der Waals surface area contributed by atoms with Crippen molar-refractivity contribution in [1.29, 1.82) is 0 Å². The van der Waals surface area contributed by atoms with Gasteiger partial charge in [0.15, 0.2) is 5.01 Å². The fourth-order valence-electron chi connectivity index (χ4n) is 4.72. The largest absolute Gasteiger partial charge is 0.351 e. The third-order valence-electron chi connectivity index (χ3n) is 6.55. The van der Waals surface area contributed by atoms with Gasteiger partial charge in [-0.1, -0.05) is 18.8 Å². The van der Waals surface area contributed by atoms with Gasteiger partial charge >= 0.3 is 0 Å². The van der Waals surface area contributed by atoms with Crippen LogP contribution in [0, 0.1) is 12.3 Å². The van der Waals surface area contributed by atoms with E-state index in [0.717, 1.165) is 67.4 Å². The van der Waals surface area contributed by atoms with Gasteiger partial charge in [-0.15, -0.1) is 17.8 Å². The van der Waals surface area contributed by atoms with Crippen molar-refractivity contribution in [2.24, 2.45) is 0 Å². The number of hydrogen-bond acceptors (Lipinski definition) is 5. The molecule has 170 valence electrons. The molecule has 0 unspecified atom stereocenters. The molecule has 3 heterocycles. The third kappa shape index (κ3) is 4.52. The first-order chi connectivity index (χ1) is 16.0. The van der Waals surface area contributed by atoms with Gasteiger partial charge < -0.3 is 20.5 Å². The molecule has 3 N–H and O–H groups in total. The highest BCUT2D eigenvalue weighted by Crippen LogP contribution is 2.26. The van der Waals surface area contributed by atoms with E-state index >= 15 is 0 Å². The number of fused-ring (bicyclic) bond motifs is 2. The van der Waals surface area contributed by atoms with Crippen molar-refractivity contribution in [3.05, 3.63) is 51.1 Å². The summed E-state index contributed by atoms with van der Waals surface area (Å²) in [6.07, 6.45) is 10.1. The molecule has 2 aliphatic rings. The zero-order valence-corrected chi connectivity index (χ0v) is 19.4. The van der Waals surface area contributed by atoms with E-state index in [9.17, 15) is 9.59 Å². The van der Waals surface area contributed by atoms with Crippen LogP contribution < -0.4 is 10.6 Å². The Morgan fingerprint density at radius 1 is 1.18 bits per heavy atom. The Labute approximate surface area is 197 Å². The average molecular weight is 462 g/mol. The zero-order chi connectivity index (χ0) is 22.9. The Morgan fingerprint density at radius 3 is 2.70 bits per heavy atom. The van der Waals surface area contributed by atoms with Gasteiger partial charge in [-0.2, -0.15) is 0 Å². The minimum atomic E-state index is -0.174. The topological polar surface area (TPSA) is 90.1 Å².